The average molecular weight is 393 g/mol. The highest BCUT2D eigenvalue weighted by atomic mass is 32.2. The SMILES string of the molecule is C[C@@H](OC(=O)c1ccccc1NS(C)(=O)=O)C(=O)NC1(C#N)CCCCC1. The first-order valence-electron chi connectivity index (χ1n) is 8.67. The molecule has 0 heterocycles. The molecule has 1 atom stereocenters. The maximum absolute atomic E-state index is 12.4. The summed E-state index contributed by atoms with van der Waals surface area (Å²) in [4.78, 5) is 24.8. The minimum Gasteiger partial charge on any atom is -0.449 e. The molecule has 9 heteroatoms. The molecule has 1 aliphatic carbocycles. The molecule has 0 spiro atoms. The molecule has 27 heavy (non-hydrogen) atoms. The zero-order valence-electron chi connectivity index (χ0n) is 15.3. The molecule has 0 aromatic heterocycles. The van der Waals surface area contributed by atoms with Crippen LogP contribution in [0.25, 0.3) is 0 Å². The molecule has 0 saturated heterocycles. The van der Waals surface area contributed by atoms with Gasteiger partial charge in [0.15, 0.2) is 6.10 Å². The number of nitriles is 1. The quantitative estimate of drug-likeness (QED) is 0.712. The molecule has 0 radical (unpaired) electrons. The molecule has 8 nitrogen and oxygen atoms in total. The molecule has 146 valence electrons. The maximum Gasteiger partial charge on any atom is 0.341 e. The molecule has 2 N–H and O–H groups in total. The fraction of sp³-hybridized carbons (Fsp3) is 0.500. The van der Waals surface area contributed by atoms with Crippen LogP contribution in [0.4, 0.5) is 5.69 Å². The van der Waals surface area contributed by atoms with E-state index < -0.39 is 33.5 Å². The van der Waals surface area contributed by atoms with Gasteiger partial charge in [-0.05, 0) is 31.9 Å². The van der Waals surface area contributed by atoms with E-state index in [0.717, 1.165) is 25.5 Å². The first-order valence-corrected chi connectivity index (χ1v) is 10.6. The number of para-hydroxylation sites is 1. The third-order valence-corrected chi connectivity index (χ3v) is 4.97. The molecule has 1 fully saturated rings. The van der Waals surface area contributed by atoms with Gasteiger partial charge in [-0.1, -0.05) is 31.4 Å². The Labute approximate surface area is 158 Å². The zero-order chi connectivity index (χ0) is 20.1. The van der Waals surface area contributed by atoms with Crippen LogP contribution in [-0.4, -0.2) is 38.2 Å². The van der Waals surface area contributed by atoms with Gasteiger partial charge in [-0.15, -0.1) is 0 Å². The Kier molecular flexibility index (Phi) is 6.44. The van der Waals surface area contributed by atoms with Gasteiger partial charge < -0.3 is 10.1 Å². The van der Waals surface area contributed by atoms with Crippen LogP contribution in [0, 0.1) is 11.3 Å². The van der Waals surface area contributed by atoms with E-state index in [-0.39, 0.29) is 11.3 Å². The Balaban J connectivity index is 2.07. The molecule has 1 aromatic rings. The standard InChI is InChI=1S/C18H23N3O5S/c1-13(16(22)20-18(12-19)10-6-3-7-11-18)26-17(23)14-8-4-5-9-15(14)21-27(2,24)25/h4-5,8-9,13,21H,3,6-7,10-11H2,1-2H3,(H,20,22)/t13-/m1/s1. The van der Waals surface area contributed by atoms with Crippen LogP contribution in [-0.2, 0) is 19.6 Å². The van der Waals surface area contributed by atoms with E-state index in [2.05, 4.69) is 16.1 Å². The molecule has 0 aliphatic heterocycles. The normalized spacial score (nSPS) is 17.2. The Morgan fingerprint density at radius 2 is 1.85 bits per heavy atom. The van der Waals surface area contributed by atoms with Crippen LogP contribution in [0.15, 0.2) is 24.3 Å². The summed E-state index contributed by atoms with van der Waals surface area (Å²) in [5.41, 5.74) is -0.861. The first kappa shape index (κ1) is 20.7. The number of hydrogen-bond donors (Lipinski definition) is 2. The number of amides is 1. The van der Waals surface area contributed by atoms with Crippen LogP contribution >= 0.6 is 0 Å². The zero-order valence-corrected chi connectivity index (χ0v) is 16.1. The van der Waals surface area contributed by atoms with Crippen molar-refractivity contribution < 1.29 is 22.7 Å². The van der Waals surface area contributed by atoms with Crippen LogP contribution < -0.4 is 10.0 Å². The maximum atomic E-state index is 12.4. The minimum absolute atomic E-state index is 0.00441. The Hall–Kier alpha value is -2.60. The lowest BCUT2D eigenvalue weighted by Crippen LogP contribution is -2.52. The summed E-state index contributed by atoms with van der Waals surface area (Å²) in [7, 11) is -3.58. The summed E-state index contributed by atoms with van der Waals surface area (Å²) in [6, 6.07) is 8.13. The second-order valence-corrected chi connectivity index (χ2v) is 8.46. The molecule has 2 rings (SSSR count). The third kappa shape index (κ3) is 5.69. The Morgan fingerprint density at radius 3 is 2.44 bits per heavy atom. The lowest BCUT2D eigenvalue weighted by molar-refractivity contribution is -0.130. The lowest BCUT2D eigenvalue weighted by Gasteiger charge is -2.32. The first-order chi connectivity index (χ1) is 12.7. The number of ether oxygens (including phenoxy) is 1. The van der Waals surface area contributed by atoms with Crippen molar-refractivity contribution in [1.29, 1.82) is 5.26 Å². The van der Waals surface area contributed by atoms with Gasteiger partial charge >= 0.3 is 5.97 Å². The Morgan fingerprint density at radius 1 is 1.22 bits per heavy atom. The molecule has 0 unspecified atom stereocenters. The fourth-order valence-corrected chi connectivity index (χ4v) is 3.56. The van der Waals surface area contributed by atoms with Crippen molar-refractivity contribution in [1.82, 2.24) is 5.32 Å². The summed E-state index contributed by atoms with van der Waals surface area (Å²) < 4.78 is 30.3. The second-order valence-electron chi connectivity index (χ2n) is 6.71. The molecular weight excluding hydrogens is 370 g/mol. The van der Waals surface area contributed by atoms with Gasteiger partial charge in [-0.3, -0.25) is 9.52 Å². The highest BCUT2D eigenvalue weighted by Gasteiger charge is 2.35. The van der Waals surface area contributed by atoms with Gasteiger partial charge in [0.25, 0.3) is 5.91 Å². The molecule has 0 bridgehead atoms. The predicted octanol–water partition coefficient (Wildman–Crippen LogP) is 1.95. The number of anilines is 1. The van der Waals surface area contributed by atoms with Crippen molar-refractivity contribution >= 4 is 27.6 Å². The van der Waals surface area contributed by atoms with Crippen LogP contribution in [0.2, 0.25) is 0 Å². The smallest absolute Gasteiger partial charge is 0.341 e. The highest BCUT2D eigenvalue weighted by molar-refractivity contribution is 7.92. The van der Waals surface area contributed by atoms with Crippen LogP contribution in [0.5, 0.6) is 0 Å². The van der Waals surface area contributed by atoms with Gasteiger partial charge in [0, 0.05) is 0 Å². The number of carbonyl (C=O) groups is 2. The van der Waals surface area contributed by atoms with Gasteiger partial charge in [-0.2, -0.15) is 5.26 Å². The molecule has 1 aromatic carbocycles. The third-order valence-electron chi connectivity index (χ3n) is 4.38. The van der Waals surface area contributed by atoms with E-state index in [1.807, 2.05) is 0 Å². The van der Waals surface area contributed by atoms with Crippen LogP contribution in [0.3, 0.4) is 0 Å². The number of nitrogens with zero attached hydrogens (tertiary/aromatic N) is 1. The van der Waals surface area contributed by atoms with E-state index >= 15 is 0 Å². The van der Waals surface area contributed by atoms with Crippen molar-refractivity contribution in [2.75, 3.05) is 11.0 Å². The van der Waals surface area contributed by atoms with E-state index in [1.165, 1.54) is 19.1 Å². The number of hydrogen-bond acceptors (Lipinski definition) is 6. The average Bonchev–Trinajstić information content (AvgIpc) is 2.61. The summed E-state index contributed by atoms with van der Waals surface area (Å²) >= 11 is 0. The minimum atomic E-state index is -3.58. The molecule has 1 aliphatic rings. The largest absolute Gasteiger partial charge is 0.449 e. The fourth-order valence-electron chi connectivity index (χ4n) is 2.98. The predicted molar refractivity (Wildman–Crippen MR) is 99.4 cm³/mol. The van der Waals surface area contributed by atoms with E-state index in [0.29, 0.717) is 12.8 Å². The summed E-state index contributed by atoms with van der Waals surface area (Å²) in [5, 5.41) is 12.1. The lowest BCUT2D eigenvalue weighted by atomic mass is 9.83. The Bertz CT molecular complexity index is 854. The van der Waals surface area contributed by atoms with Gasteiger partial charge in [0.1, 0.15) is 5.54 Å². The molecule has 1 saturated carbocycles. The van der Waals surface area contributed by atoms with E-state index in [9.17, 15) is 23.3 Å². The topological polar surface area (TPSA) is 125 Å². The monoisotopic (exact) mass is 393 g/mol. The van der Waals surface area contributed by atoms with Crippen molar-refractivity contribution in [3.05, 3.63) is 29.8 Å². The molecule has 1 amide bonds. The van der Waals surface area contributed by atoms with Crippen LogP contribution in [0.1, 0.15) is 49.4 Å². The van der Waals surface area contributed by atoms with E-state index in [4.69, 9.17) is 4.74 Å². The van der Waals surface area contributed by atoms with Crippen molar-refractivity contribution in [3.63, 3.8) is 0 Å². The van der Waals surface area contributed by atoms with Crippen molar-refractivity contribution in [2.24, 2.45) is 0 Å². The van der Waals surface area contributed by atoms with Gasteiger partial charge in [0.05, 0.1) is 23.6 Å². The number of benzene rings is 1. The number of rotatable bonds is 6. The highest BCUT2D eigenvalue weighted by Crippen LogP contribution is 2.27. The number of sulfonamides is 1. The van der Waals surface area contributed by atoms with E-state index in [1.54, 1.807) is 12.1 Å². The van der Waals surface area contributed by atoms with Crippen molar-refractivity contribution in [2.45, 2.75) is 50.7 Å². The molecular formula is C18H23N3O5S. The summed E-state index contributed by atoms with van der Waals surface area (Å²) in [6.45, 7) is 1.41. The second kappa shape index (κ2) is 8.39. The van der Waals surface area contributed by atoms with Gasteiger partial charge in [-0.25, -0.2) is 13.2 Å². The summed E-state index contributed by atoms with van der Waals surface area (Å²) in [6.07, 6.45) is 3.70. The van der Waals surface area contributed by atoms with Crippen molar-refractivity contribution in [3.8, 4) is 6.07 Å². The number of carbonyl (C=O) groups excluding carboxylic acids is 2. The number of esters is 1. The summed E-state index contributed by atoms with van der Waals surface area (Å²) in [5.74, 6) is -1.39. The number of nitrogens with one attached hydrogen (secondary N) is 2. The van der Waals surface area contributed by atoms with Gasteiger partial charge in [0.2, 0.25) is 10.0 Å².